The van der Waals surface area contributed by atoms with E-state index >= 15 is 0 Å². The highest BCUT2D eigenvalue weighted by molar-refractivity contribution is 5.69. The Bertz CT molecular complexity index is 373. The molecule has 1 aromatic carbocycles. The van der Waals surface area contributed by atoms with Crippen LogP contribution in [-0.4, -0.2) is 18.1 Å². The summed E-state index contributed by atoms with van der Waals surface area (Å²) < 4.78 is 0. The second kappa shape index (κ2) is 7.17. The molecule has 100 valence electrons. The van der Waals surface area contributed by atoms with Crippen LogP contribution < -0.4 is 5.32 Å². The van der Waals surface area contributed by atoms with Crippen LogP contribution in [-0.2, 0) is 11.2 Å². The van der Waals surface area contributed by atoms with Crippen molar-refractivity contribution in [2.45, 2.75) is 39.2 Å². The molecule has 1 rings (SSSR count). The number of carboxylic acid groups (broad SMARTS) is 1. The zero-order valence-corrected chi connectivity index (χ0v) is 11.4. The third-order valence-electron chi connectivity index (χ3n) is 3.28. The lowest BCUT2D eigenvalue weighted by molar-refractivity contribution is -0.141. The minimum absolute atomic E-state index is 0.103. The van der Waals surface area contributed by atoms with E-state index in [0.717, 1.165) is 18.4 Å². The predicted molar refractivity (Wildman–Crippen MR) is 73.7 cm³/mol. The second-order valence-corrected chi connectivity index (χ2v) is 4.81. The monoisotopic (exact) mass is 249 g/mol. The van der Waals surface area contributed by atoms with Gasteiger partial charge in [-0.3, -0.25) is 4.79 Å². The highest BCUT2D eigenvalue weighted by Gasteiger charge is 2.18. The first kappa shape index (κ1) is 14.7. The molecule has 0 aromatic heterocycles. The number of aryl methyl sites for hydroxylation is 1. The molecule has 2 unspecified atom stereocenters. The molecule has 18 heavy (non-hydrogen) atoms. The topological polar surface area (TPSA) is 49.3 Å². The summed E-state index contributed by atoms with van der Waals surface area (Å²) in [6.45, 7) is 3.91. The molecule has 0 amide bonds. The van der Waals surface area contributed by atoms with Crippen LogP contribution in [0, 0.1) is 5.92 Å². The molecule has 0 bridgehead atoms. The molecule has 0 saturated carbocycles. The number of hydrogen-bond donors (Lipinski definition) is 2. The van der Waals surface area contributed by atoms with Crippen molar-refractivity contribution in [3.63, 3.8) is 0 Å². The average molecular weight is 249 g/mol. The maximum atomic E-state index is 10.9. The summed E-state index contributed by atoms with van der Waals surface area (Å²) in [4.78, 5) is 10.9. The second-order valence-electron chi connectivity index (χ2n) is 4.81. The van der Waals surface area contributed by atoms with E-state index in [1.54, 1.807) is 6.92 Å². The van der Waals surface area contributed by atoms with E-state index in [-0.39, 0.29) is 12.0 Å². The van der Waals surface area contributed by atoms with E-state index in [1.807, 2.05) is 7.05 Å². The Hall–Kier alpha value is -1.35. The molecule has 2 N–H and O–H groups in total. The van der Waals surface area contributed by atoms with Crippen molar-refractivity contribution < 1.29 is 9.90 Å². The van der Waals surface area contributed by atoms with Crippen molar-refractivity contribution in [2.24, 2.45) is 5.92 Å². The molecular formula is C15H23NO2. The predicted octanol–water partition coefficient (Wildman–Crippen LogP) is 3.01. The third-order valence-corrected chi connectivity index (χ3v) is 3.28. The molecule has 0 aliphatic carbocycles. The molecular weight excluding hydrogens is 226 g/mol. The lowest BCUT2D eigenvalue weighted by atomic mass is 9.95. The van der Waals surface area contributed by atoms with Gasteiger partial charge in [-0.2, -0.15) is 0 Å². The van der Waals surface area contributed by atoms with Crippen LogP contribution in [0.2, 0.25) is 0 Å². The fourth-order valence-corrected chi connectivity index (χ4v) is 2.08. The molecule has 0 aliphatic heterocycles. The maximum Gasteiger partial charge on any atom is 0.306 e. The minimum atomic E-state index is -0.738. The number of hydrogen-bond acceptors (Lipinski definition) is 2. The smallest absolute Gasteiger partial charge is 0.306 e. The van der Waals surface area contributed by atoms with Gasteiger partial charge in [-0.1, -0.05) is 44.5 Å². The van der Waals surface area contributed by atoms with E-state index in [2.05, 4.69) is 36.5 Å². The average Bonchev–Trinajstić information content (AvgIpc) is 2.37. The molecule has 3 nitrogen and oxygen atoms in total. The van der Waals surface area contributed by atoms with Crippen LogP contribution in [0.3, 0.4) is 0 Å². The van der Waals surface area contributed by atoms with Crippen molar-refractivity contribution in [1.82, 2.24) is 5.32 Å². The fourth-order valence-electron chi connectivity index (χ4n) is 2.08. The van der Waals surface area contributed by atoms with Crippen LogP contribution in [0.5, 0.6) is 0 Å². The number of nitrogens with one attached hydrogen (secondary N) is 1. The normalized spacial score (nSPS) is 14.2. The minimum Gasteiger partial charge on any atom is -0.481 e. The van der Waals surface area contributed by atoms with E-state index < -0.39 is 5.97 Å². The Balaban J connectivity index is 2.72. The SMILES string of the molecule is CCCc1ccc(C(CC(C)C(=O)O)NC)cc1. The Morgan fingerprint density at radius 3 is 2.39 bits per heavy atom. The van der Waals surface area contributed by atoms with Gasteiger partial charge in [0.25, 0.3) is 0 Å². The molecule has 0 fully saturated rings. The Labute approximate surface area is 109 Å². The third kappa shape index (κ3) is 4.15. The molecule has 0 heterocycles. The van der Waals surface area contributed by atoms with E-state index in [4.69, 9.17) is 5.11 Å². The van der Waals surface area contributed by atoms with Crippen molar-refractivity contribution in [3.05, 3.63) is 35.4 Å². The zero-order chi connectivity index (χ0) is 13.5. The van der Waals surface area contributed by atoms with Crippen LogP contribution in [0.4, 0.5) is 0 Å². The summed E-state index contributed by atoms with van der Waals surface area (Å²) in [5.74, 6) is -1.07. The molecule has 0 spiro atoms. The van der Waals surface area contributed by atoms with Gasteiger partial charge < -0.3 is 10.4 Å². The Kier molecular flexibility index (Phi) is 5.86. The van der Waals surface area contributed by atoms with Gasteiger partial charge in [0.05, 0.1) is 5.92 Å². The molecule has 3 heteroatoms. The number of benzene rings is 1. The summed E-state index contributed by atoms with van der Waals surface area (Å²) in [5.41, 5.74) is 2.49. The van der Waals surface area contributed by atoms with Gasteiger partial charge in [0, 0.05) is 6.04 Å². The molecule has 0 aliphatic rings. The van der Waals surface area contributed by atoms with Gasteiger partial charge in [0.2, 0.25) is 0 Å². The number of rotatable bonds is 7. The van der Waals surface area contributed by atoms with Crippen LogP contribution in [0.15, 0.2) is 24.3 Å². The van der Waals surface area contributed by atoms with Crippen LogP contribution in [0.1, 0.15) is 43.9 Å². The molecule has 1 aromatic rings. The highest BCUT2D eigenvalue weighted by Crippen LogP contribution is 2.22. The Morgan fingerprint density at radius 1 is 1.33 bits per heavy atom. The first-order valence-corrected chi connectivity index (χ1v) is 6.57. The van der Waals surface area contributed by atoms with Crippen molar-refractivity contribution >= 4 is 5.97 Å². The zero-order valence-electron chi connectivity index (χ0n) is 11.4. The van der Waals surface area contributed by atoms with Gasteiger partial charge >= 0.3 is 5.97 Å². The number of carbonyl (C=O) groups is 1. The molecule has 2 atom stereocenters. The van der Waals surface area contributed by atoms with E-state index in [9.17, 15) is 4.79 Å². The van der Waals surface area contributed by atoms with Crippen molar-refractivity contribution in [2.75, 3.05) is 7.05 Å². The van der Waals surface area contributed by atoms with Gasteiger partial charge in [-0.05, 0) is 31.0 Å². The van der Waals surface area contributed by atoms with Gasteiger partial charge in [-0.15, -0.1) is 0 Å². The van der Waals surface area contributed by atoms with Gasteiger partial charge in [0.1, 0.15) is 0 Å². The number of aliphatic carboxylic acids is 1. The van der Waals surface area contributed by atoms with Crippen molar-refractivity contribution in [1.29, 1.82) is 0 Å². The highest BCUT2D eigenvalue weighted by atomic mass is 16.4. The standard InChI is InChI=1S/C15H23NO2/c1-4-5-12-6-8-13(9-7-12)14(16-3)10-11(2)15(17)18/h6-9,11,14,16H,4-5,10H2,1-3H3,(H,17,18). The lowest BCUT2D eigenvalue weighted by Gasteiger charge is -2.19. The van der Waals surface area contributed by atoms with Crippen LogP contribution >= 0.6 is 0 Å². The van der Waals surface area contributed by atoms with Gasteiger partial charge in [0.15, 0.2) is 0 Å². The fraction of sp³-hybridized carbons (Fsp3) is 0.533. The summed E-state index contributed by atoms with van der Waals surface area (Å²) in [6, 6.07) is 8.57. The summed E-state index contributed by atoms with van der Waals surface area (Å²) in [6.07, 6.45) is 2.85. The molecule has 0 radical (unpaired) electrons. The van der Waals surface area contributed by atoms with Crippen molar-refractivity contribution in [3.8, 4) is 0 Å². The first-order chi connectivity index (χ1) is 8.58. The summed E-state index contributed by atoms with van der Waals surface area (Å²) in [7, 11) is 1.87. The lowest BCUT2D eigenvalue weighted by Crippen LogP contribution is -2.22. The van der Waals surface area contributed by atoms with Crippen LogP contribution in [0.25, 0.3) is 0 Å². The van der Waals surface area contributed by atoms with E-state index in [1.165, 1.54) is 5.56 Å². The van der Waals surface area contributed by atoms with E-state index in [0.29, 0.717) is 6.42 Å². The summed E-state index contributed by atoms with van der Waals surface area (Å²) >= 11 is 0. The largest absolute Gasteiger partial charge is 0.481 e. The Morgan fingerprint density at radius 2 is 1.94 bits per heavy atom. The summed E-state index contributed by atoms with van der Waals surface area (Å²) in [5, 5.41) is 12.2. The maximum absolute atomic E-state index is 10.9. The van der Waals surface area contributed by atoms with Gasteiger partial charge in [-0.25, -0.2) is 0 Å². The number of carboxylic acids is 1. The quantitative estimate of drug-likeness (QED) is 0.781. The first-order valence-electron chi connectivity index (χ1n) is 6.57. The molecule has 0 saturated heterocycles.